The summed E-state index contributed by atoms with van der Waals surface area (Å²) in [5.41, 5.74) is 1.12. The standard InChI is InChI=1S/C15H21NO3/c1-10-5-7-12(8-6-10)11(2)16-13(17)9-15(3,4)14(18)19/h5-8,11H,9H2,1-4H3,(H,16,17)(H,18,19)/t11-/m0/s1. The lowest BCUT2D eigenvalue weighted by Crippen LogP contribution is -2.34. The lowest BCUT2D eigenvalue weighted by Gasteiger charge is -2.20. The van der Waals surface area contributed by atoms with E-state index in [1.165, 1.54) is 0 Å². The Morgan fingerprint density at radius 2 is 1.79 bits per heavy atom. The van der Waals surface area contributed by atoms with E-state index in [1.807, 2.05) is 38.1 Å². The van der Waals surface area contributed by atoms with Gasteiger partial charge in [0.15, 0.2) is 0 Å². The van der Waals surface area contributed by atoms with Crippen LogP contribution in [-0.4, -0.2) is 17.0 Å². The minimum atomic E-state index is -1.04. The fourth-order valence-electron chi connectivity index (χ4n) is 1.71. The number of carbonyl (C=O) groups excluding carboxylic acids is 1. The van der Waals surface area contributed by atoms with E-state index in [-0.39, 0.29) is 18.4 Å². The van der Waals surface area contributed by atoms with Crippen LogP contribution in [0.1, 0.15) is 44.4 Å². The van der Waals surface area contributed by atoms with E-state index in [0.717, 1.165) is 11.1 Å². The van der Waals surface area contributed by atoms with Gasteiger partial charge in [-0.15, -0.1) is 0 Å². The average molecular weight is 263 g/mol. The first-order chi connectivity index (χ1) is 8.72. The van der Waals surface area contributed by atoms with Gasteiger partial charge in [-0.25, -0.2) is 0 Å². The van der Waals surface area contributed by atoms with Crippen molar-refractivity contribution in [1.29, 1.82) is 0 Å². The molecule has 0 spiro atoms. The summed E-state index contributed by atoms with van der Waals surface area (Å²) in [5.74, 6) is -1.22. The second-order valence-corrected chi connectivity index (χ2v) is 5.57. The Balaban J connectivity index is 2.62. The molecule has 4 heteroatoms. The van der Waals surface area contributed by atoms with Crippen molar-refractivity contribution in [2.75, 3.05) is 0 Å². The second kappa shape index (κ2) is 5.87. The van der Waals surface area contributed by atoms with Crippen LogP contribution in [0.25, 0.3) is 0 Å². The van der Waals surface area contributed by atoms with Crippen molar-refractivity contribution in [3.63, 3.8) is 0 Å². The van der Waals surface area contributed by atoms with Crippen LogP contribution in [0.2, 0.25) is 0 Å². The van der Waals surface area contributed by atoms with Gasteiger partial charge >= 0.3 is 5.97 Å². The topological polar surface area (TPSA) is 66.4 Å². The van der Waals surface area contributed by atoms with Crippen LogP contribution in [-0.2, 0) is 9.59 Å². The van der Waals surface area contributed by atoms with E-state index in [1.54, 1.807) is 13.8 Å². The highest BCUT2D eigenvalue weighted by atomic mass is 16.4. The molecule has 0 fully saturated rings. The average Bonchev–Trinajstić information content (AvgIpc) is 2.28. The summed E-state index contributed by atoms with van der Waals surface area (Å²) in [5, 5.41) is 11.8. The van der Waals surface area contributed by atoms with Gasteiger partial charge in [-0.05, 0) is 33.3 Å². The van der Waals surface area contributed by atoms with Crippen LogP contribution in [0, 0.1) is 12.3 Å². The molecule has 0 unspecified atom stereocenters. The highest BCUT2D eigenvalue weighted by molar-refractivity contribution is 5.84. The number of aliphatic carboxylic acids is 1. The first-order valence-corrected chi connectivity index (χ1v) is 6.32. The van der Waals surface area contributed by atoms with Crippen molar-refractivity contribution in [3.05, 3.63) is 35.4 Å². The molecule has 1 aromatic rings. The number of hydrogen-bond acceptors (Lipinski definition) is 2. The summed E-state index contributed by atoms with van der Waals surface area (Å²) < 4.78 is 0. The van der Waals surface area contributed by atoms with Crippen LogP contribution in [0.5, 0.6) is 0 Å². The third kappa shape index (κ3) is 4.39. The zero-order valence-corrected chi connectivity index (χ0v) is 11.9. The molecule has 19 heavy (non-hydrogen) atoms. The highest BCUT2D eigenvalue weighted by Gasteiger charge is 2.30. The molecule has 0 aliphatic heterocycles. The third-order valence-electron chi connectivity index (χ3n) is 3.14. The molecule has 0 aromatic heterocycles. The molecule has 1 atom stereocenters. The lowest BCUT2D eigenvalue weighted by molar-refractivity contribution is -0.149. The van der Waals surface area contributed by atoms with Crippen molar-refractivity contribution in [3.8, 4) is 0 Å². The van der Waals surface area contributed by atoms with Crippen LogP contribution in [0.3, 0.4) is 0 Å². The molecule has 4 nitrogen and oxygen atoms in total. The minimum Gasteiger partial charge on any atom is -0.481 e. The van der Waals surface area contributed by atoms with Gasteiger partial charge in [-0.2, -0.15) is 0 Å². The molecule has 0 bridgehead atoms. The monoisotopic (exact) mass is 263 g/mol. The summed E-state index contributed by atoms with van der Waals surface area (Å²) in [6, 6.07) is 7.77. The molecule has 0 aliphatic rings. The molecular formula is C15H21NO3. The van der Waals surface area contributed by atoms with Crippen molar-refractivity contribution in [2.45, 2.75) is 40.2 Å². The number of aryl methyl sites for hydroxylation is 1. The number of nitrogens with one attached hydrogen (secondary N) is 1. The zero-order chi connectivity index (χ0) is 14.6. The molecule has 1 rings (SSSR count). The number of carbonyl (C=O) groups is 2. The molecule has 0 aliphatic carbocycles. The van der Waals surface area contributed by atoms with E-state index in [9.17, 15) is 9.59 Å². The summed E-state index contributed by atoms with van der Waals surface area (Å²) >= 11 is 0. The maximum absolute atomic E-state index is 11.8. The van der Waals surface area contributed by atoms with Gasteiger partial charge in [-0.3, -0.25) is 9.59 Å². The van der Waals surface area contributed by atoms with Crippen molar-refractivity contribution in [1.82, 2.24) is 5.32 Å². The van der Waals surface area contributed by atoms with Crippen molar-refractivity contribution in [2.24, 2.45) is 5.41 Å². The quantitative estimate of drug-likeness (QED) is 0.858. The second-order valence-electron chi connectivity index (χ2n) is 5.57. The Morgan fingerprint density at radius 3 is 2.26 bits per heavy atom. The van der Waals surface area contributed by atoms with E-state index in [0.29, 0.717) is 0 Å². The van der Waals surface area contributed by atoms with Gasteiger partial charge in [-0.1, -0.05) is 29.8 Å². The molecule has 104 valence electrons. The number of carboxylic acid groups (broad SMARTS) is 1. The fraction of sp³-hybridized carbons (Fsp3) is 0.467. The minimum absolute atomic E-state index is 0.0292. The molecule has 2 N–H and O–H groups in total. The first-order valence-electron chi connectivity index (χ1n) is 6.32. The number of carboxylic acids is 1. The maximum atomic E-state index is 11.8. The predicted molar refractivity (Wildman–Crippen MR) is 73.8 cm³/mol. The molecule has 0 saturated carbocycles. The summed E-state index contributed by atoms with van der Waals surface area (Å²) in [6.07, 6.45) is -0.0292. The molecule has 1 amide bonds. The van der Waals surface area contributed by atoms with Gasteiger partial charge in [0.25, 0.3) is 0 Å². The van der Waals surface area contributed by atoms with Gasteiger partial charge in [0, 0.05) is 6.42 Å². The van der Waals surface area contributed by atoms with Gasteiger partial charge in [0.1, 0.15) is 0 Å². The smallest absolute Gasteiger partial charge is 0.309 e. The molecule has 0 heterocycles. The summed E-state index contributed by atoms with van der Waals surface area (Å²) in [7, 11) is 0. The third-order valence-corrected chi connectivity index (χ3v) is 3.14. The Morgan fingerprint density at radius 1 is 1.26 bits per heavy atom. The van der Waals surface area contributed by atoms with E-state index in [2.05, 4.69) is 5.32 Å². The number of hydrogen-bond donors (Lipinski definition) is 2. The number of amides is 1. The molecule has 0 saturated heterocycles. The van der Waals surface area contributed by atoms with Crippen molar-refractivity contribution < 1.29 is 14.7 Å². The Hall–Kier alpha value is -1.84. The predicted octanol–water partition coefficient (Wildman–Crippen LogP) is 2.67. The van der Waals surface area contributed by atoms with Crippen LogP contribution < -0.4 is 5.32 Å². The van der Waals surface area contributed by atoms with Crippen molar-refractivity contribution >= 4 is 11.9 Å². The largest absolute Gasteiger partial charge is 0.481 e. The van der Waals surface area contributed by atoms with E-state index in [4.69, 9.17) is 5.11 Å². The normalized spacial score (nSPS) is 12.8. The van der Waals surface area contributed by atoms with Crippen LogP contribution >= 0.6 is 0 Å². The summed E-state index contributed by atoms with van der Waals surface area (Å²) in [4.78, 5) is 22.8. The van der Waals surface area contributed by atoms with Crippen LogP contribution in [0.15, 0.2) is 24.3 Å². The van der Waals surface area contributed by atoms with Crippen LogP contribution in [0.4, 0.5) is 0 Å². The van der Waals surface area contributed by atoms with E-state index >= 15 is 0 Å². The van der Waals surface area contributed by atoms with Gasteiger partial charge in [0.2, 0.25) is 5.91 Å². The molecular weight excluding hydrogens is 242 g/mol. The Bertz CT molecular complexity index is 463. The first kappa shape index (κ1) is 15.2. The SMILES string of the molecule is Cc1ccc([C@H](C)NC(=O)CC(C)(C)C(=O)O)cc1. The number of rotatable bonds is 5. The Labute approximate surface area is 113 Å². The number of benzene rings is 1. The highest BCUT2D eigenvalue weighted by Crippen LogP contribution is 2.21. The molecule has 0 radical (unpaired) electrons. The zero-order valence-electron chi connectivity index (χ0n) is 11.9. The van der Waals surface area contributed by atoms with Gasteiger partial charge < -0.3 is 10.4 Å². The summed E-state index contributed by atoms with van der Waals surface area (Å²) in [6.45, 7) is 6.98. The lowest BCUT2D eigenvalue weighted by atomic mass is 9.89. The maximum Gasteiger partial charge on any atom is 0.309 e. The molecule has 1 aromatic carbocycles. The fourth-order valence-corrected chi connectivity index (χ4v) is 1.71. The van der Waals surface area contributed by atoms with E-state index < -0.39 is 11.4 Å². The Kier molecular flexibility index (Phi) is 4.70. The van der Waals surface area contributed by atoms with Gasteiger partial charge in [0.05, 0.1) is 11.5 Å².